The fraction of sp³-hybridized carbons (Fsp3) is 0.391. The van der Waals surface area contributed by atoms with Crippen molar-refractivity contribution >= 4 is 11.9 Å². The monoisotopic (exact) mass is 411 g/mol. The normalized spacial score (nSPS) is 17.1. The number of ether oxygens (including phenoxy) is 4. The van der Waals surface area contributed by atoms with E-state index in [-0.39, 0.29) is 30.8 Å². The molecule has 1 aliphatic heterocycles. The van der Waals surface area contributed by atoms with Gasteiger partial charge in [0, 0.05) is 32.4 Å². The maximum atomic E-state index is 12.3. The number of likely N-dealkylation sites (N-methyl/N-ethyl adjacent to an activating group) is 1. The van der Waals surface area contributed by atoms with Crippen molar-refractivity contribution in [3.8, 4) is 22.6 Å². The second-order valence-electron chi connectivity index (χ2n) is 7.57. The van der Waals surface area contributed by atoms with E-state index in [0.717, 1.165) is 36.1 Å². The van der Waals surface area contributed by atoms with Crippen LogP contribution in [0.15, 0.2) is 30.3 Å². The highest BCUT2D eigenvalue weighted by molar-refractivity contribution is 5.87. The predicted molar refractivity (Wildman–Crippen MR) is 110 cm³/mol. The van der Waals surface area contributed by atoms with Crippen LogP contribution in [0.4, 0.5) is 0 Å². The molecule has 0 fully saturated rings. The van der Waals surface area contributed by atoms with Crippen LogP contribution >= 0.6 is 0 Å². The van der Waals surface area contributed by atoms with Gasteiger partial charge in [0.25, 0.3) is 0 Å². The lowest BCUT2D eigenvalue weighted by Crippen LogP contribution is -2.35. The zero-order valence-electron chi connectivity index (χ0n) is 17.4. The average Bonchev–Trinajstić information content (AvgIpc) is 2.72. The number of carbonyl (C=O) groups excluding carboxylic acids is 2. The molecule has 0 aromatic heterocycles. The molecule has 0 unspecified atom stereocenters. The van der Waals surface area contributed by atoms with E-state index in [1.165, 1.54) is 25.3 Å². The zero-order chi connectivity index (χ0) is 21.3. The zero-order valence-corrected chi connectivity index (χ0v) is 17.4. The number of hydrogen-bond acceptors (Lipinski definition) is 7. The van der Waals surface area contributed by atoms with Crippen LogP contribution in [0.3, 0.4) is 0 Å². The Morgan fingerprint density at radius 3 is 2.47 bits per heavy atom. The number of rotatable bonds is 6. The Morgan fingerprint density at radius 2 is 1.73 bits per heavy atom. The molecule has 0 N–H and O–H groups in total. The third kappa shape index (κ3) is 3.71. The average molecular weight is 411 g/mol. The fourth-order valence-electron chi connectivity index (χ4n) is 4.36. The third-order valence-electron chi connectivity index (χ3n) is 5.65. The van der Waals surface area contributed by atoms with E-state index in [0.29, 0.717) is 0 Å². The highest BCUT2D eigenvalue weighted by Crippen LogP contribution is 2.50. The number of esters is 2. The quantitative estimate of drug-likeness (QED) is 0.534. The highest BCUT2D eigenvalue weighted by Gasteiger charge is 2.35. The first-order chi connectivity index (χ1) is 14.5. The summed E-state index contributed by atoms with van der Waals surface area (Å²) in [4.78, 5) is 26.7. The largest absolute Gasteiger partial charge is 0.421 e. The van der Waals surface area contributed by atoms with E-state index >= 15 is 0 Å². The van der Waals surface area contributed by atoms with Crippen LogP contribution in [0.1, 0.15) is 22.7 Å². The molecule has 7 nitrogen and oxygen atoms in total. The first kappa shape index (κ1) is 20.5. The summed E-state index contributed by atoms with van der Waals surface area (Å²) in [5, 5.41) is 0. The second-order valence-corrected chi connectivity index (χ2v) is 7.57. The molecule has 1 aliphatic carbocycles. The molecular formula is C23H25NO6. The molecule has 1 heterocycles. The first-order valence-corrected chi connectivity index (χ1v) is 9.91. The predicted octanol–water partition coefficient (Wildman–Crippen LogP) is 2.54. The van der Waals surface area contributed by atoms with Gasteiger partial charge in [-0.25, -0.2) is 9.59 Å². The van der Waals surface area contributed by atoms with Crippen LogP contribution < -0.4 is 9.47 Å². The molecule has 0 bridgehead atoms. The van der Waals surface area contributed by atoms with E-state index in [1.54, 1.807) is 6.07 Å². The van der Waals surface area contributed by atoms with Crippen molar-refractivity contribution in [2.75, 3.05) is 41.0 Å². The second kappa shape index (κ2) is 8.55. The lowest BCUT2D eigenvalue weighted by molar-refractivity contribution is -0.141. The molecule has 30 heavy (non-hydrogen) atoms. The van der Waals surface area contributed by atoms with E-state index in [2.05, 4.69) is 18.0 Å². The van der Waals surface area contributed by atoms with Gasteiger partial charge in [0.05, 0.1) is 0 Å². The molecule has 2 aromatic carbocycles. The first-order valence-electron chi connectivity index (χ1n) is 9.91. The maximum Gasteiger partial charge on any atom is 0.337 e. The van der Waals surface area contributed by atoms with Crippen molar-refractivity contribution in [2.24, 2.45) is 0 Å². The summed E-state index contributed by atoms with van der Waals surface area (Å²) in [6.07, 6.45) is 1.75. The highest BCUT2D eigenvalue weighted by atomic mass is 16.6. The van der Waals surface area contributed by atoms with Gasteiger partial charge >= 0.3 is 11.9 Å². The van der Waals surface area contributed by atoms with Gasteiger partial charge in [0.15, 0.2) is 11.5 Å². The van der Waals surface area contributed by atoms with E-state index in [4.69, 9.17) is 18.9 Å². The molecule has 1 atom stereocenters. The Bertz CT molecular complexity index is 986. The van der Waals surface area contributed by atoms with Gasteiger partial charge in [0.1, 0.15) is 13.2 Å². The number of hydrogen-bond donors (Lipinski definition) is 0. The minimum atomic E-state index is -0.565. The van der Waals surface area contributed by atoms with Crippen molar-refractivity contribution in [1.29, 1.82) is 0 Å². The van der Waals surface area contributed by atoms with Gasteiger partial charge in [-0.15, -0.1) is 0 Å². The van der Waals surface area contributed by atoms with Crippen molar-refractivity contribution in [3.63, 3.8) is 0 Å². The molecule has 4 rings (SSSR count). The van der Waals surface area contributed by atoms with Crippen LogP contribution in [-0.4, -0.2) is 57.9 Å². The van der Waals surface area contributed by atoms with Gasteiger partial charge in [-0.05, 0) is 48.2 Å². The number of fused-ring (bicyclic) bond motifs is 2. The van der Waals surface area contributed by atoms with Crippen LogP contribution in [0.5, 0.6) is 11.5 Å². The lowest BCUT2D eigenvalue weighted by Gasteiger charge is -2.40. The van der Waals surface area contributed by atoms with Crippen LogP contribution in [0.25, 0.3) is 11.1 Å². The standard InChI is InChI=1S/C23H25NO6/c1-24-10-9-14-5-4-6-16-21(14)17(24)11-15-7-8-18(29-19(25)12-27-2)23(22(15)16)30-20(26)13-28-3/h4-8,17H,9-13H2,1-3H3/t17-/m1/s1. The molecule has 0 radical (unpaired) electrons. The minimum Gasteiger partial charge on any atom is -0.421 e. The van der Waals surface area contributed by atoms with E-state index < -0.39 is 11.9 Å². The Hall–Kier alpha value is -2.74. The summed E-state index contributed by atoms with van der Waals surface area (Å²) in [6.45, 7) is 0.600. The number of benzene rings is 2. The Balaban J connectivity index is 1.87. The Kier molecular flexibility index (Phi) is 5.85. The van der Waals surface area contributed by atoms with Gasteiger partial charge in [-0.1, -0.05) is 24.3 Å². The van der Waals surface area contributed by atoms with Crippen LogP contribution in [-0.2, 0) is 31.9 Å². The summed E-state index contributed by atoms with van der Waals surface area (Å²) in [7, 11) is 4.98. The maximum absolute atomic E-state index is 12.3. The molecule has 2 aromatic rings. The number of methoxy groups -OCH3 is 2. The summed E-state index contributed by atoms with van der Waals surface area (Å²) in [5.41, 5.74) is 5.41. The van der Waals surface area contributed by atoms with Gasteiger partial charge in [-0.3, -0.25) is 4.90 Å². The Labute approximate surface area is 175 Å². The Morgan fingerprint density at radius 1 is 1.00 bits per heavy atom. The molecular weight excluding hydrogens is 386 g/mol. The van der Waals surface area contributed by atoms with Gasteiger partial charge < -0.3 is 18.9 Å². The molecule has 2 aliphatic rings. The summed E-state index contributed by atoms with van der Waals surface area (Å²) >= 11 is 0. The summed E-state index contributed by atoms with van der Waals surface area (Å²) < 4.78 is 20.9. The lowest BCUT2D eigenvalue weighted by atomic mass is 9.77. The number of nitrogens with zero attached hydrogens (tertiary/aromatic N) is 1. The van der Waals surface area contributed by atoms with Gasteiger partial charge in [0.2, 0.25) is 0 Å². The van der Waals surface area contributed by atoms with Crippen LogP contribution in [0, 0.1) is 0 Å². The molecule has 0 saturated heterocycles. The van der Waals surface area contributed by atoms with E-state index in [9.17, 15) is 9.59 Å². The number of carbonyl (C=O) groups is 2. The third-order valence-corrected chi connectivity index (χ3v) is 5.65. The fourth-order valence-corrected chi connectivity index (χ4v) is 4.36. The topological polar surface area (TPSA) is 74.3 Å². The summed E-state index contributed by atoms with van der Waals surface area (Å²) in [6, 6.07) is 10.1. The SMILES string of the molecule is COCC(=O)Oc1ccc2c(c1OC(=O)COC)-c1cccc3c1[C@@H](C2)N(C)CC3. The smallest absolute Gasteiger partial charge is 0.337 e. The minimum absolute atomic E-state index is 0.195. The van der Waals surface area contributed by atoms with Crippen molar-refractivity contribution in [1.82, 2.24) is 4.90 Å². The summed E-state index contributed by atoms with van der Waals surface area (Å²) in [5.74, 6) is -0.677. The van der Waals surface area contributed by atoms with Crippen molar-refractivity contribution < 1.29 is 28.5 Å². The van der Waals surface area contributed by atoms with E-state index in [1.807, 2.05) is 18.2 Å². The van der Waals surface area contributed by atoms with Crippen molar-refractivity contribution in [3.05, 3.63) is 47.0 Å². The molecule has 0 amide bonds. The molecule has 0 saturated carbocycles. The van der Waals surface area contributed by atoms with Gasteiger partial charge in [-0.2, -0.15) is 0 Å². The molecule has 7 heteroatoms. The van der Waals surface area contributed by atoms with Crippen molar-refractivity contribution in [2.45, 2.75) is 18.9 Å². The molecule has 158 valence electrons. The molecule has 0 spiro atoms. The van der Waals surface area contributed by atoms with Crippen LogP contribution in [0.2, 0.25) is 0 Å².